The lowest BCUT2D eigenvalue weighted by Crippen LogP contribution is -2.52. The number of carbonyl (C=O) groups excluding carboxylic acids is 1. The minimum Gasteiger partial charge on any atom is -0.491 e. The normalized spacial score (nSPS) is 26.6. The molecule has 3 rings (SSSR count). The molecule has 2 unspecified atom stereocenters. The highest BCUT2D eigenvalue weighted by Crippen LogP contribution is 2.37. The SMILES string of the molecule is CC(C)Oc1ccc(C(=O)NC2CC3CCC(C2)N3S(C)(=O)=O)cc1. The Morgan fingerprint density at radius 3 is 2.20 bits per heavy atom. The van der Waals surface area contributed by atoms with Gasteiger partial charge in [-0.05, 0) is 63.8 Å². The first-order chi connectivity index (χ1) is 11.7. The lowest BCUT2D eigenvalue weighted by molar-refractivity contribution is 0.0909. The predicted molar refractivity (Wildman–Crippen MR) is 96.2 cm³/mol. The molecule has 2 bridgehead atoms. The zero-order valence-corrected chi connectivity index (χ0v) is 15.8. The van der Waals surface area contributed by atoms with Gasteiger partial charge in [-0.2, -0.15) is 4.31 Å². The van der Waals surface area contributed by atoms with Crippen LogP contribution in [-0.4, -0.2) is 49.1 Å². The quantitative estimate of drug-likeness (QED) is 0.866. The lowest BCUT2D eigenvalue weighted by atomic mass is 9.99. The Bertz CT molecular complexity index is 716. The highest BCUT2D eigenvalue weighted by molar-refractivity contribution is 7.88. The minimum atomic E-state index is -3.17. The molecule has 25 heavy (non-hydrogen) atoms. The number of piperidine rings is 1. The van der Waals surface area contributed by atoms with Gasteiger partial charge in [0.25, 0.3) is 5.91 Å². The van der Waals surface area contributed by atoms with Crippen LogP contribution in [-0.2, 0) is 10.0 Å². The molecule has 0 aliphatic carbocycles. The number of fused-ring (bicyclic) bond motifs is 2. The Morgan fingerprint density at radius 1 is 1.16 bits per heavy atom. The van der Waals surface area contributed by atoms with Gasteiger partial charge in [0.15, 0.2) is 0 Å². The molecular weight excluding hydrogens is 340 g/mol. The van der Waals surface area contributed by atoms with Crippen molar-refractivity contribution in [3.63, 3.8) is 0 Å². The summed E-state index contributed by atoms with van der Waals surface area (Å²) in [6, 6.07) is 7.16. The molecule has 2 aliphatic heterocycles. The van der Waals surface area contributed by atoms with E-state index in [1.165, 1.54) is 6.26 Å². The fourth-order valence-electron chi connectivity index (χ4n) is 4.02. The molecule has 0 saturated carbocycles. The van der Waals surface area contributed by atoms with Crippen LogP contribution < -0.4 is 10.1 Å². The molecule has 2 heterocycles. The maximum absolute atomic E-state index is 12.5. The van der Waals surface area contributed by atoms with Crippen molar-refractivity contribution in [2.45, 2.75) is 63.8 Å². The molecule has 0 radical (unpaired) electrons. The van der Waals surface area contributed by atoms with E-state index in [1.807, 2.05) is 13.8 Å². The fraction of sp³-hybridized carbons (Fsp3) is 0.611. The highest BCUT2D eigenvalue weighted by Gasteiger charge is 2.45. The topological polar surface area (TPSA) is 75.7 Å². The molecule has 1 amide bonds. The lowest BCUT2D eigenvalue weighted by Gasteiger charge is -2.37. The second-order valence-electron chi connectivity index (χ2n) is 7.31. The van der Waals surface area contributed by atoms with Gasteiger partial charge < -0.3 is 10.1 Å². The van der Waals surface area contributed by atoms with Crippen LogP contribution in [0.1, 0.15) is 49.9 Å². The third kappa shape index (κ3) is 4.15. The Balaban J connectivity index is 1.61. The smallest absolute Gasteiger partial charge is 0.251 e. The molecule has 2 saturated heterocycles. The van der Waals surface area contributed by atoms with Gasteiger partial charge in [-0.15, -0.1) is 0 Å². The van der Waals surface area contributed by atoms with Gasteiger partial charge in [-0.1, -0.05) is 0 Å². The summed E-state index contributed by atoms with van der Waals surface area (Å²) in [7, 11) is -3.17. The van der Waals surface area contributed by atoms with Crippen LogP contribution in [0, 0.1) is 0 Å². The predicted octanol–water partition coefficient (Wildman–Crippen LogP) is 2.16. The van der Waals surface area contributed by atoms with E-state index in [2.05, 4.69) is 5.32 Å². The zero-order valence-electron chi connectivity index (χ0n) is 14.9. The van der Waals surface area contributed by atoms with Crippen LogP contribution in [0.3, 0.4) is 0 Å². The third-order valence-electron chi connectivity index (χ3n) is 4.87. The molecule has 7 heteroatoms. The first-order valence-electron chi connectivity index (χ1n) is 8.80. The van der Waals surface area contributed by atoms with Gasteiger partial charge in [0.2, 0.25) is 10.0 Å². The van der Waals surface area contributed by atoms with Gasteiger partial charge in [-0.25, -0.2) is 8.42 Å². The molecule has 2 aliphatic rings. The van der Waals surface area contributed by atoms with E-state index in [-0.39, 0.29) is 30.1 Å². The van der Waals surface area contributed by atoms with Crippen molar-refractivity contribution in [2.24, 2.45) is 0 Å². The van der Waals surface area contributed by atoms with Crippen molar-refractivity contribution < 1.29 is 17.9 Å². The number of ether oxygens (including phenoxy) is 1. The third-order valence-corrected chi connectivity index (χ3v) is 6.23. The fourth-order valence-corrected chi connectivity index (χ4v) is 5.49. The van der Waals surface area contributed by atoms with E-state index >= 15 is 0 Å². The number of hydrogen-bond donors (Lipinski definition) is 1. The summed E-state index contributed by atoms with van der Waals surface area (Å²) < 4.78 is 31.1. The van der Waals surface area contributed by atoms with Crippen molar-refractivity contribution in [1.29, 1.82) is 0 Å². The van der Waals surface area contributed by atoms with Gasteiger partial charge in [0.1, 0.15) is 5.75 Å². The number of rotatable bonds is 5. The molecule has 0 aromatic heterocycles. The second-order valence-corrected chi connectivity index (χ2v) is 9.20. The zero-order chi connectivity index (χ0) is 18.2. The number of hydrogen-bond acceptors (Lipinski definition) is 4. The molecule has 1 N–H and O–H groups in total. The van der Waals surface area contributed by atoms with Crippen LogP contribution in [0.15, 0.2) is 24.3 Å². The van der Waals surface area contributed by atoms with E-state index in [4.69, 9.17) is 4.74 Å². The van der Waals surface area contributed by atoms with Gasteiger partial charge in [-0.3, -0.25) is 4.79 Å². The molecule has 0 spiro atoms. The number of nitrogens with one attached hydrogen (secondary N) is 1. The van der Waals surface area contributed by atoms with Crippen LogP contribution in [0.4, 0.5) is 0 Å². The van der Waals surface area contributed by atoms with Crippen molar-refractivity contribution in [2.75, 3.05) is 6.26 Å². The summed E-state index contributed by atoms with van der Waals surface area (Å²) in [6.45, 7) is 3.91. The van der Waals surface area contributed by atoms with E-state index in [9.17, 15) is 13.2 Å². The summed E-state index contributed by atoms with van der Waals surface area (Å²) in [6.07, 6.45) is 4.50. The van der Waals surface area contributed by atoms with Crippen LogP contribution >= 0.6 is 0 Å². The van der Waals surface area contributed by atoms with E-state index in [0.717, 1.165) is 18.6 Å². The first kappa shape index (κ1) is 18.2. The summed E-state index contributed by atoms with van der Waals surface area (Å²) in [5, 5.41) is 3.07. The number of sulfonamides is 1. The van der Waals surface area contributed by atoms with Gasteiger partial charge >= 0.3 is 0 Å². The molecule has 6 nitrogen and oxygen atoms in total. The number of benzene rings is 1. The summed E-state index contributed by atoms with van der Waals surface area (Å²) >= 11 is 0. The molecule has 1 aromatic carbocycles. The first-order valence-corrected chi connectivity index (χ1v) is 10.6. The average molecular weight is 366 g/mol. The number of amides is 1. The average Bonchev–Trinajstić information content (AvgIpc) is 2.80. The highest BCUT2D eigenvalue weighted by atomic mass is 32.2. The van der Waals surface area contributed by atoms with E-state index < -0.39 is 10.0 Å². The Hall–Kier alpha value is -1.60. The van der Waals surface area contributed by atoms with Crippen LogP contribution in [0.25, 0.3) is 0 Å². The number of nitrogens with zero attached hydrogens (tertiary/aromatic N) is 1. The molecule has 1 aromatic rings. The second kappa shape index (κ2) is 6.96. The summed E-state index contributed by atoms with van der Waals surface area (Å²) in [5.41, 5.74) is 0.592. The van der Waals surface area contributed by atoms with Gasteiger partial charge in [0, 0.05) is 23.7 Å². The molecule has 138 valence electrons. The Kier molecular flexibility index (Phi) is 5.06. The molecule has 2 atom stereocenters. The van der Waals surface area contributed by atoms with Gasteiger partial charge in [0.05, 0.1) is 12.4 Å². The van der Waals surface area contributed by atoms with Crippen molar-refractivity contribution in [3.8, 4) is 5.75 Å². The minimum absolute atomic E-state index is 0.0147. The monoisotopic (exact) mass is 366 g/mol. The van der Waals surface area contributed by atoms with Crippen LogP contribution in [0.5, 0.6) is 5.75 Å². The number of carbonyl (C=O) groups is 1. The maximum atomic E-state index is 12.5. The van der Waals surface area contributed by atoms with Crippen molar-refractivity contribution in [3.05, 3.63) is 29.8 Å². The standard InChI is InChI=1S/C18H26N2O4S/c1-12(2)24-17-8-4-13(5-9-17)18(21)19-14-10-15-6-7-16(11-14)20(15)25(3,22)23/h4-5,8-9,12,14-16H,6-7,10-11H2,1-3H3,(H,19,21). The van der Waals surface area contributed by atoms with Crippen molar-refractivity contribution in [1.82, 2.24) is 9.62 Å². The molecular formula is C18H26N2O4S. The van der Waals surface area contributed by atoms with E-state index in [0.29, 0.717) is 18.4 Å². The largest absolute Gasteiger partial charge is 0.491 e. The van der Waals surface area contributed by atoms with E-state index in [1.54, 1.807) is 28.6 Å². The summed E-state index contributed by atoms with van der Waals surface area (Å²) in [5.74, 6) is 0.624. The Morgan fingerprint density at radius 2 is 1.72 bits per heavy atom. The maximum Gasteiger partial charge on any atom is 0.251 e. The summed E-state index contributed by atoms with van der Waals surface area (Å²) in [4.78, 5) is 12.5. The van der Waals surface area contributed by atoms with Crippen molar-refractivity contribution >= 4 is 15.9 Å². The van der Waals surface area contributed by atoms with Crippen LogP contribution in [0.2, 0.25) is 0 Å². The Labute approximate surface area is 149 Å². The molecule has 2 fully saturated rings.